The van der Waals surface area contributed by atoms with Crippen LogP contribution in [-0.4, -0.2) is 18.6 Å². The van der Waals surface area contributed by atoms with Crippen LogP contribution in [-0.2, 0) is 0 Å². The molecule has 1 unspecified atom stereocenters. The molecule has 0 aliphatic carbocycles. The van der Waals surface area contributed by atoms with Crippen LogP contribution in [0.15, 0.2) is 18.2 Å². The second-order valence-corrected chi connectivity index (χ2v) is 5.09. The Labute approximate surface area is 121 Å². The van der Waals surface area contributed by atoms with E-state index in [0.717, 1.165) is 25.7 Å². The number of benzene rings is 1. The molecule has 1 atom stereocenters. The number of carbonyl (C=O) groups excluding carboxylic acids is 1. The highest BCUT2D eigenvalue weighted by atomic mass is 16.5. The lowest BCUT2D eigenvalue weighted by molar-refractivity contribution is 0.0939. The number of unbranched alkanes of at least 4 members (excludes halogenated alkanes) is 2. The molecule has 1 rings (SSSR count). The SMILES string of the molecule is CCCCCOc1ccc(C(=O)NC(C)CC)cc1N. The minimum Gasteiger partial charge on any atom is -0.491 e. The maximum Gasteiger partial charge on any atom is 0.251 e. The zero-order chi connectivity index (χ0) is 15.0. The molecular weight excluding hydrogens is 252 g/mol. The van der Waals surface area contributed by atoms with Gasteiger partial charge in [0.25, 0.3) is 5.91 Å². The maximum atomic E-state index is 12.0. The van der Waals surface area contributed by atoms with E-state index in [-0.39, 0.29) is 11.9 Å². The van der Waals surface area contributed by atoms with Gasteiger partial charge >= 0.3 is 0 Å². The van der Waals surface area contributed by atoms with Crippen LogP contribution in [0.25, 0.3) is 0 Å². The highest BCUT2D eigenvalue weighted by molar-refractivity contribution is 5.95. The van der Waals surface area contributed by atoms with E-state index in [1.165, 1.54) is 0 Å². The number of rotatable bonds is 8. The summed E-state index contributed by atoms with van der Waals surface area (Å²) in [6.45, 7) is 6.83. The van der Waals surface area contributed by atoms with Gasteiger partial charge in [-0.05, 0) is 38.0 Å². The summed E-state index contributed by atoms with van der Waals surface area (Å²) in [6.07, 6.45) is 4.23. The Morgan fingerprint density at radius 1 is 1.35 bits per heavy atom. The summed E-state index contributed by atoms with van der Waals surface area (Å²) < 4.78 is 5.62. The van der Waals surface area contributed by atoms with Gasteiger partial charge in [0.2, 0.25) is 0 Å². The lowest BCUT2D eigenvalue weighted by atomic mass is 10.1. The first-order valence-corrected chi connectivity index (χ1v) is 7.41. The van der Waals surface area contributed by atoms with E-state index in [1.54, 1.807) is 18.2 Å². The number of nitrogen functional groups attached to an aromatic ring is 1. The Bertz CT molecular complexity index is 432. The second-order valence-electron chi connectivity index (χ2n) is 5.09. The standard InChI is InChI=1S/C16H26N2O2/c1-4-6-7-10-20-15-9-8-13(11-14(15)17)16(19)18-12(3)5-2/h8-9,11-12H,4-7,10,17H2,1-3H3,(H,18,19). The number of hydrogen-bond acceptors (Lipinski definition) is 3. The molecule has 1 aromatic rings. The second kappa shape index (κ2) is 8.46. The summed E-state index contributed by atoms with van der Waals surface area (Å²) in [5.41, 5.74) is 7.02. The van der Waals surface area contributed by atoms with Gasteiger partial charge in [0, 0.05) is 11.6 Å². The highest BCUT2D eigenvalue weighted by Gasteiger charge is 2.10. The van der Waals surface area contributed by atoms with Crippen molar-refractivity contribution in [3.63, 3.8) is 0 Å². The molecule has 0 aromatic heterocycles. The largest absolute Gasteiger partial charge is 0.491 e. The first-order chi connectivity index (χ1) is 9.58. The van der Waals surface area contributed by atoms with E-state index in [0.29, 0.717) is 23.6 Å². The number of nitrogens with one attached hydrogen (secondary N) is 1. The summed E-state index contributed by atoms with van der Waals surface area (Å²) in [7, 11) is 0. The minimum absolute atomic E-state index is 0.0939. The van der Waals surface area contributed by atoms with E-state index in [9.17, 15) is 4.79 Å². The molecule has 0 saturated heterocycles. The molecule has 1 aromatic carbocycles. The third-order valence-corrected chi connectivity index (χ3v) is 3.27. The number of hydrogen-bond donors (Lipinski definition) is 2. The van der Waals surface area contributed by atoms with E-state index in [1.807, 2.05) is 13.8 Å². The Morgan fingerprint density at radius 3 is 2.70 bits per heavy atom. The van der Waals surface area contributed by atoms with Crippen LogP contribution in [0, 0.1) is 0 Å². The first-order valence-electron chi connectivity index (χ1n) is 7.41. The van der Waals surface area contributed by atoms with Crippen molar-refractivity contribution in [2.75, 3.05) is 12.3 Å². The molecule has 0 saturated carbocycles. The lowest BCUT2D eigenvalue weighted by Gasteiger charge is -2.13. The van der Waals surface area contributed by atoms with Crippen LogP contribution in [0.3, 0.4) is 0 Å². The first kappa shape index (κ1) is 16.3. The van der Waals surface area contributed by atoms with Gasteiger partial charge in [0.05, 0.1) is 12.3 Å². The van der Waals surface area contributed by atoms with Gasteiger partial charge in [0.1, 0.15) is 5.75 Å². The predicted octanol–water partition coefficient (Wildman–Crippen LogP) is 3.37. The fourth-order valence-electron chi connectivity index (χ4n) is 1.76. The van der Waals surface area contributed by atoms with Crippen molar-refractivity contribution in [3.05, 3.63) is 23.8 Å². The zero-order valence-electron chi connectivity index (χ0n) is 12.7. The normalized spacial score (nSPS) is 11.9. The molecular formula is C16H26N2O2. The molecule has 0 aliphatic rings. The van der Waals surface area contributed by atoms with Crippen LogP contribution in [0.5, 0.6) is 5.75 Å². The van der Waals surface area contributed by atoms with Crippen molar-refractivity contribution in [3.8, 4) is 5.75 Å². The maximum absolute atomic E-state index is 12.0. The monoisotopic (exact) mass is 278 g/mol. The molecule has 0 bridgehead atoms. The van der Waals surface area contributed by atoms with Gasteiger partial charge in [-0.2, -0.15) is 0 Å². The Kier molecular flexibility index (Phi) is 6.91. The van der Waals surface area contributed by atoms with Crippen molar-refractivity contribution in [2.45, 2.75) is 52.5 Å². The number of nitrogens with two attached hydrogens (primary N) is 1. The van der Waals surface area contributed by atoms with Crippen LogP contribution in [0.1, 0.15) is 56.8 Å². The fraction of sp³-hybridized carbons (Fsp3) is 0.562. The molecule has 0 spiro atoms. The molecule has 4 nitrogen and oxygen atoms in total. The van der Waals surface area contributed by atoms with Gasteiger partial charge < -0.3 is 15.8 Å². The summed E-state index contributed by atoms with van der Waals surface area (Å²) in [5.74, 6) is 0.560. The molecule has 3 N–H and O–H groups in total. The summed E-state index contributed by atoms with van der Waals surface area (Å²) in [4.78, 5) is 12.0. The lowest BCUT2D eigenvalue weighted by Crippen LogP contribution is -2.31. The molecule has 0 heterocycles. The van der Waals surface area contributed by atoms with Crippen molar-refractivity contribution >= 4 is 11.6 Å². The number of carbonyl (C=O) groups is 1. The van der Waals surface area contributed by atoms with Crippen LogP contribution < -0.4 is 15.8 Å². The van der Waals surface area contributed by atoms with Crippen molar-refractivity contribution < 1.29 is 9.53 Å². The molecule has 0 aliphatic heterocycles. The Balaban J connectivity index is 2.60. The quantitative estimate of drug-likeness (QED) is 0.566. The number of anilines is 1. The van der Waals surface area contributed by atoms with E-state index in [2.05, 4.69) is 12.2 Å². The summed E-state index contributed by atoms with van der Waals surface area (Å²) >= 11 is 0. The molecule has 20 heavy (non-hydrogen) atoms. The number of ether oxygens (including phenoxy) is 1. The third-order valence-electron chi connectivity index (χ3n) is 3.27. The minimum atomic E-state index is -0.0939. The van der Waals surface area contributed by atoms with E-state index in [4.69, 9.17) is 10.5 Å². The topological polar surface area (TPSA) is 64.3 Å². The summed E-state index contributed by atoms with van der Waals surface area (Å²) in [6, 6.07) is 5.36. The fourth-order valence-corrected chi connectivity index (χ4v) is 1.76. The summed E-state index contributed by atoms with van der Waals surface area (Å²) in [5, 5.41) is 2.92. The third kappa shape index (κ3) is 5.11. The van der Waals surface area contributed by atoms with Gasteiger partial charge in [-0.15, -0.1) is 0 Å². The van der Waals surface area contributed by atoms with Crippen molar-refractivity contribution in [2.24, 2.45) is 0 Å². The van der Waals surface area contributed by atoms with Gasteiger partial charge in [-0.25, -0.2) is 0 Å². The van der Waals surface area contributed by atoms with Crippen molar-refractivity contribution in [1.82, 2.24) is 5.32 Å². The average molecular weight is 278 g/mol. The van der Waals surface area contributed by atoms with Crippen LogP contribution in [0.4, 0.5) is 5.69 Å². The number of amides is 1. The van der Waals surface area contributed by atoms with Gasteiger partial charge in [-0.1, -0.05) is 26.7 Å². The zero-order valence-corrected chi connectivity index (χ0v) is 12.7. The highest BCUT2D eigenvalue weighted by Crippen LogP contribution is 2.23. The van der Waals surface area contributed by atoms with Crippen LogP contribution >= 0.6 is 0 Å². The van der Waals surface area contributed by atoms with Gasteiger partial charge in [-0.3, -0.25) is 4.79 Å². The molecule has 112 valence electrons. The predicted molar refractivity (Wildman–Crippen MR) is 83.1 cm³/mol. The smallest absolute Gasteiger partial charge is 0.251 e. The Hall–Kier alpha value is -1.71. The Morgan fingerprint density at radius 2 is 2.10 bits per heavy atom. The molecule has 0 fully saturated rings. The average Bonchev–Trinajstić information content (AvgIpc) is 2.44. The molecule has 0 radical (unpaired) electrons. The molecule has 4 heteroatoms. The van der Waals surface area contributed by atoms with Gasteiger partial charge in [0.15, 0.2) is 0 Å². The van der Waals surface area contributed by atoms with E-state index < -0.39 is 0 Å². The van der Waals surface area contributed by atoms with Crippen LogP contribution in [0.2, 0.25) is 0 Å². The van der Waals surface area contributed by atoms with Crippen molar-refractivity contribution in [1.29, 1.82) is 0 Å². The molecule has 1 amide bonds. The van der Waals surface area contributed by atoms with E-state index >= 15 is 0 Å².